The predicted octanol–water partition coefficient (Wildman–Crippen LogP) is 3.62. The van der Waals surface area contributed by atoms with Crippen molar-refractivity contribution in [3.63, 3.8) is 0 Å². The third kappa shape index (κ3) is 3.46. The largest absolute Gasteiger partial charge is 0.497 e. The molecule has 0 unspecified atom stereocenters. The Bertz CT molecular complexity index is 822. The van der Waals surface area contributed by atoms with Crippen LogP contribution < -0.4 is 4.74 Å². The van der Waals surface area contributed by atoms with Gasteiger partial charge in [0.1, 0.15) is 5.75 Å². The Labute approximate surface area is 160 Å². The van der Waals surface area contributed by atoms with Crippen LogP contribution in [0.4, 0.5) is 0 Å². The Morgan fingerprint density at radius 2 is 1.78 bits per heavy atom. The molecule has 27 heavy (non-hydrogen) atoms. The van der Waals surface area contributed by atoms with E-state index in [0.29, 0.717) is 31.8 Å². The Kier molecular flexibility index (Phi) is 4.68. The fraction of sp³-hybridized carbons (Fsp3) is 0.435. The number of methoxy groups -OCH3 is 1. The lowest BCUT2D eigenvalue weighted by molar-refractivity contribution is -0.137. The van der Waals surface area contributed by atoms with Crippen LogP contribution in [0.3, 0.4) is 0 Å². The van der Waals surface area contributed by atoms with Crippen LogP contribution in [-0.4, -0.2) is 36.1 Å². The summed E-state index contributed by atoms with van der Waals surface area (Å²) in [6.45, 7) is 3.28. The van der Waals surface area contributed by atoms with Crippen molar-refractivity contribution in [2.24, 2.45) is 5.92 Å². The topological polar surface area (TPSA) is 49.8 Å². The molecule has 1 aliphatic heterocycles. The van der Waals surface area contributed by atoms with E-state index in [4.69, 9.17) is 4.74 Å². The molecule has 2 aliphatic rings. The number of nitrogens with zero attached hydrogens (tertiary/aromatic N) is 1. The van der Waals surface area contributed by atoms with Crippen molar-refractivity contribution in [2.75, 3.05) is 20.2 Å². The van der Waals surface area contributed by atoms with Crippen molar-refractivity contribution in [3.8, 4) is 5.75 Å². The van der Waals surface area contributed by atoms with Gasteiger partial charge < -0.3 is 14.7 Å². The molecule has 1 amide bonds. The molecule has 1 heterocycles. The number of hydrogen-bond acceptors (Lipinski definition) is 3. The fourth-order valence-corrected chi connectivity index (χ4v) is 4.38. The molecule has 142 valence electrons. The minimum atomic E-state index is -0.818. The molecule has 4 heteroatoms. The number of hydrogen-bond donors (Lipinski definition) is 1. The Balaban J connectivity index is 1.37. The maximum atomic E-state index is 12.9. The van der Waals surface area contributed by atoms with E-state index in [9.17, 15) is 9.90 Å². The van der Waals surface area contributed by atoms with Gasteiger partial charge in [-0.05, 0) is 60.9 Å². The summed E-state index contributed by atoms with van der Waals surface area (Å²) in [5.41, 5.74) is 2.50. The molecule has 0 aromatic heterocycles. The third-order valence-corrected chi connectivity index (χ3v) is 6.20. The lowest BCUT2D eigenvalue weighted by atomic mass is 9.82. The number of piperidine rings is 1. The van der Waals surface area contributed by atoms with Gasteiger partial charge in [-0.25, -0.2) is 0 Å². The van der Waals surface area contributed by atoms with Crippen LogP contribution in [-0.2, 0) is 10.4 Å². The Hall–Kier alpha value is -2.33. The van der Waals surface area contributed by atoms with Crippen molar-refractivity contribution in [1.82, 2.24) is 4.90 Å². The standard InChI is InChI=1S/C23H27NO3/c1-16-5-3-4-6-21(16)23(26)11-13-24(14-12-23)22(25)20-15-19(20)17-7-9-18(27-2)10-8-17/h3-10,19-20,26H,11-15H2,1-2H3/t19-,20+/m0/s1. The number of likely N-dealkylation sites (tertiary alicyclic amines) is 1. The highest BCUT2D eigenvalue weighted by molar-refractivity contribution is 5.83. The second-order valence-electron chi connectivity index (χ2n) is 7.89. The molecule has 2 atom stereocenters. The van der Waals surface area contributed by atoms with Crippen molar-refractivity contribution in [2.45, 2.75) is 37.7 Å². The molecule has 1 saturated heterocycles. The van der Waals surface area contributed by atoms with E-state index in [0.717, 1.165) is 23.3 Å². The van der Waals surface area contributed by atoms with Gasteiger partial charge in [-0.2, -0.15) is 0 Å². The highest BCUT2D eigenvalue weighted by Crippen LogP contribution is 2.49. The molecule has 0 spiro atoms. The van der Waals surface area contributed by atoms with Gasteiger partial charge in [0.2, 0.25) is 5.91 Å². The zero-order valence-corrected chi connectivity index (χ0v) is 16.0. The van der Waals surface area contributed by atoms with Crippen molar-refractivity contribution >= 4 is 5.91 Å². The Morgan fingerprint density at radius 1 is 1.11 bits per heavy atom. The molecule has 4 rings (SSSR count). The summed E-state index contributed by atoms with van der Waals surface area (Å²) in [4.78, 5) is 14.8. The summed E-state index contributed by atoms with van der Waals surface area (Å²) in [5.74, 6) is 1.49. The van der Waals surface area contributed by atoms with Crippen molar-refractivity contribution in [3.05, 3.63) is 65.2 Å². The number of rotatable bonds is 4. The molecule has 0 radical (unpaired) electrons. The average Bonchev–Trinajstić information content (AvgIpc) is 3.49. The molecule has 1 saturated carbocycles. The summed E-state index contributed by atoms with van der Waals surface area (Å²) in [7, 11) is 1.66. The van der Waals surface area contributed by atoms with E-state index in [1.165, 1.54) is 5.56 Å². The molecule has 1 aliphatic carbocycles. The van der Waals surface area contributed by atoms with Gasteiger partial charge in [0, 0.05) is 19.0 Å². The van der Waals surface area contributed by atoms with Gasteiger partial charge in [0.25, 0.3) is 0 Å². The quantitative estimate of drug-likeness (QED) is 0.900. The van der Waals surface area contributed by atoms with E-state index in [2.05, 4.69) is 12.1 Å². The van der Waals surface area contributed by atoms with E-state index < -0.39 is 5.60 Å². The highest BCUT2D eigenvalue weighted by Gasteiger charge is 2.47. The lowest BCUT2D eigenvalue weighted by Gasteiger charge is -2.39. The van der Waals surface area contributed by atoms with Gasteiger partial charge in [-0.3, -0.25) is 4.79 Å². The maximum Gasteiger partial charge on any atom is 0.226 e. The first-order chi connectivity index (χ1) is 13.0. The number of ether oxygens (including phenoxy) is 1. The zero-order valence-electron chi connectivity index (χ0n) is 16.0. The monoisotopic (exact) mass is 365 g/mol. The van der Waals surface area contributed by atoms with Gasteiger partial charge >= 0.3 is 0 Å². The summed E-state index contributed by atoms with van der Waals surface area (Å²) in [6.07, 6.45) is 2.12. The smallest absolute Gasteiger partial charge is 0.226 e. The minimum absolute atomic E-state index is 0.0862. The summed E-state index contributed by atoms with van der Waals surface area (Å²) in [6, 6.07) is 16.0. The molecule has 2 aromatic rings. The molecule has 1 N–H and O–H groups in total. The van der Waals surface area contributed by atoms with Crippen LogP contribution >= 0.6 is 0 Å². The lowest BCUT2D eigenvalue weighted by Crippen LogP contribution is -2.46. The third-order valence-electron chi connectivity index (χ3n) is 6.20. The van der Waals surface area contributed by atoms with E-state index in [1.807, 2.05) is 48.2 Å². The van der Waals surface area contributed by atoms with E-state index in [1.54, 1.807) is 7.11 Å². The molecule has 4 nitrogen and oxygen atoms in total. The Morgan fingerprint density at radius 3 is 2.41 bits per heavy atom. The van der Waals surface area contributed by atoms with Gasteiger partial charge in [0.15, 0.2) is 0 Å². The second-order valence-corrected chi connectivity index (χ2v) is 7.89. The fourth-order valence-electron chi connectivity index (χ4n) is 4.38. The first-order valence-electron chi connectivity index (χ1n) is 9.73. The van der Waals surface area contributed by atoms with Crippen LogP contribution in [0.1, 0.15) is 41.9 Å². The highest BCUT2D eigenvalue weighted by atomic mass is 16.5. The SMILES string of the molecule is COc1ccc([C@@H]2C[C@H]2C(=O)N2CCC(O)(c3ccccc3C)CC2)cc1. The number of carbonyl (C=O) groups excluding carboxylic acids is 1. The number of aryl methyl sites for hydroxylation is 1. The number of carbonyl (C=O) groups is 1. The molecule has 2 fully saturated rings. The van der Waals surface area contributed by atoms with Gasteiger partial charge in [-0.1, -0.05) is 36.4 Å². The maximum absolute atomic E-state index is 12.9. The average molecular weight is 365 g/mol. The predicted molar refractivity (Wildman–Crippen MR) is 105 cm³/mol. The van der Waals surface area contributed by atoms with Crippen LogP contribution in [0.2, 0.25) is 0 Å². The normalized spacial score (nSPS) is 23.7. The van der Waals surface area contributed by atoms with E-state index >= 15 is 0 Å². The number of amides is 1. The summed E-state index contributed by atoms with van der Waals surface area (Å²) >= 11 is 0. The number of aliphatic hydroxyl groups is 1. The first kappa shape index (κ1) is 18.1. The first-order valence-corrected chi connectivity index (χ1v) is 9.73. The van der Waals surface area contributed by atoms with Crippen LogP contribution in [0.15, 0.2) is 48.5 Å². The van der Waals surface area contributed by atoms with E-state index in [-0.39, 0.29) is 11.8 Å². The van der Waals surface area contributed by atoms with Gasteiger partial charge in [0.05, 0.1) is 12.7 Å². The van der Waals surface area contributed by atoms with Crippen LogP contribution in [0.5, 0.6) is 5.75 Å². The molecule has 0 bridgehead atoms. The van der Waals surface area contributed by atoms with Crippen LogP contribution in [0, 0.1) is 12.8 Å². The zero-order chi connectivity index (χ0) is 19.0. The van der Waals surface area contributed by atoms with Crippen LogP contribution in [0.25, 0.3) is 0 Å². The summed E-state index contributed by atoms with van der Waals surface area (Å²) in [5, 5.41) is 11.1. The molecular weight excluding hydrogens is 338 g/mol. The minimum Gasteiger partial charge on any atom is -0.497 e. The number of benzene rings is 2. The molecular formula is C23H27NO3. The van der Waals surface area contributed by atoms with Gasteiger partial charge in [-0.15, -0.1) is 0 Å². The molecule has 2 aromatic carbocycles. The summed E-state index contributed by atoms with van der Waals surface area (Å²) < 4.78 is 5.20. The second kappa shape index (κ2) is 7.01. The van der Waals surface area contributed by atoms with Crippen molar-refractivity contribution < 1.29 is 14.6 Å². The van der Waals surface area contributed by atoms with Crippen molar-refractivity contribution in [1.29, 1.82) is 0 Å².